The third kappa shape index (κ3) is 6.08. The molecule has 0 bridgehead atoms. The van der Waals surface area contributed by atoms with Gasteiger partial charge in [0, 0.05) is 0 Å². The smallest absolute Gasteiger partial charge is 0.312 e. The van der Waals surface area contributed by atoms with Gasteiger partial charge in [-0.25, -0.2) is 0 Å². The second kappa shape index (κ2) is 12.6. The quantitative estimate of drug-likeness (QED) is 0.240. The minimum atomic E-state index is -0.178. The summed E-state index contributed by atoms with van der Waals surface area (Å²) in [6, 6.07) is 0. The van der Waals surface area contributed by atoms with Gasteiger partial charge in [-0.05, 0) is 68.6 Å². The molecule has 0 aromatic rings. The molecule has 2 heteroatoms. The van der Waals surface area contributed by atoms with Crippen LogP contribution in [0.15, 0.2) is 0 Å². The molecular formula is C29H52O2. The van der Waals surface area contributed by atoms with Crippen LogP contribution in [0.2, 0.25) is 0 Å². The van der Waals surface area contributed by atoms with Crippen molar-refractivity contribution in [2.24, 2.45) is 22.7 Å². The van der Waals surface area contributed by atoms with Crippen LogP contribution in [0.3, 0.4) is 0 Å². The van der Waals surface area contributed by atoms with Crippen molar-refractivity contribution in [3.8, 4) is 0 Å². The van der Waals surface area contributed by atoms with E-state index in [0.717, 1.165) is 37.5 Å². The Balaban J connectivity index is 1.77. The lowest BCUT2D eigenvalue weighted by molar-refractivity contribution is -0.175. The molecule has 0 radical (unpaired) electrons. The highest BCUT2D eigenvalue weighted by molar-refractivity contribution is 5.78. The molecule has 3 aliphatic rings. The fourth-order valence-corrected chi connectivity index (χ4v) is 7.68. The first-order valence-corrected chi connectivity index (χ1v) is 14.3. The maximum Gasteiger partial charge on any atom is 0.312 e. The zero-order valence-electron chi connectivity index (χ0n) is 21.0. The van der Waals surface area contributed by atoms with Gasteiger partial charge in [-0.1, -0.05) is 97.3 Å². The average molecular weight is 433 g/mol. The predicted octanol–water partition coefficient (Wildman–Crippen LogP) is 9.01. The maximum absolute atomic E-state index is 13.7. The van der Waals surface area contributed by atoms with Crippen LogP contribution in [0.1, 0.15) is 149 Å². The van der Waals surface area contributed by atoms with Crippen molar-refractivity contribution >= 4 is 5.97 Å². The fourth-order valence-electron chi connectivity index (χ4n) is 7.68. The summed E-state index contributed by atoms with van der Waals surface area (Å²) in [4.78, 5) is 13.7. The highest BCUT2D eigenvalue weighted by Gasteiger charge is 2.57. The van der Waals surface area contributed by atoms with Gasteiger partial charge in [-0.3, -0.25) is 4.79 Å². The zero-order chi connectivity index (χ0) is 22.0. The van der Waals surface area contributed by atoms with Crippen molar-refractivity contribution in [3.63, 3.8) is 0 Å². The first-order chi connectivity index (χ1) is 15.2. The van der Waals surface area contributed by atoms with Crippen molar-refractivity contribution in [1.29, 1.82) is 0 Å². The Hall–Kier alpha value is -0.530. The van der Waals surface area contributed by atoms with Crippen LogP contribution in [-0.4, -0.2) is 12.6 Å². The number of hydrogen-bond acceptors (Lipinski definition) is 2. The molecule has 3 aliphatic carbocycles. The van der Waals surface area contributed by atoms with Crippen molar-refractivity contribution in [1.82, 2.24) is 0 Å². The van der Waals surface area contributed by atoms with Gasteiger partial charge >= 0.3 is 5.97 Å². The molecule has 0 heterocycles. The summed E-state index contributed by atoms with van der Waals surface area (Å²) in [6.45, 7) is 5.12. The van der Waals surface area contributed by atoms with Crippen molar-refractivity contribution in [2.45, 2.75) is 149 Å². The van der Waals surface area contributed by atoms with E-state index >= 15 is 0 Å². The first-order valence-electron chi connectivity index (χ1n) is 14.3. The van der Waals surface area contributed by atoms with Crippen LogP contribution in [0.4, 0.5) is 0 Å². The highest BCUT2D eigenvalue weighted by atomic mass is 16.5. The molecule has 0 atom stereocenters. The van der Waals surface area contributed by atoms with E-state index in [1.165, 1.54) is 109 Å². The Morgan fingerprint density at radius 3 is 1.97 bits per heavy atom. The van der Waals surface area contributed by atoms with E-state index < -0.39 is 0 Å². The van der Waals surface area contributed by atoms with E-state index in [-0.39, 0.29) is 16.8 Å². The minimum absolute atomic E-state index is 0.178. The largest absolute Gasteiger partial charge is 0.465 e. The van der Waals surface area contributed by atoms with Crippen molar-refractivity contribution in [2.75, 3.05) is 6.61 Å². The summed E-state index contributed by atoms with van der Waals surface area (Å²) in [5.41, 5.74) is 0.0400. The third-order valence-corrected chi connectivity index (χ3v) is 9.66. The van der Waals surface area contributed by atoms with Crippen LogP contribution in [0.25, 0.3) is 0 Å². The van der Waals surface area contributed by atoms with E-state index in [0.29, 0.717) is 6.61 Å². The average Bonchev–Trinajstić information content (AvgIpc) is 2.83. The van der Waals surface area contributed by atoms with Gasteiger partial charge in [0.1, 0.15) is 0 Å². The van der Waals surface area contributed by atoms with E-state index in [9.17, 15) is 4.79 Å². The van der Waals surface area contributed by atoms with Gasteiger partial charge in [0.2, 0.25) is 0 Å². The molecule has 0 aliphatic heterocycles. The number of carbonyl (C=O) groups excluding carboxylic acids is 1. The molecule has 31 heavy (non-hydrogen) atoms. The lowest BCUT2D eigenvalue weighted by Crippen LogP contribution is -2.52. The fraction of sp³-hybridized carbons (Fsp3) is 0.966. The van der Waals surface area contributed by atoms with Crippen LogP contribution < -0.4 is 0 Å². The zero-order valence-corrected chi connectivity index (χ0v) is 21.0. The van der Waals surface area contributed by atoms with Crippen molar-refractivity contribution in [3.05, 3.63) is 0 Å². The summed E-state index contributed by atoms with van der Waals surface area (Å²) >= 11 is 0. The summed E-state index contributed by atoms with van der Waals surface area (Å²) in [7, 11) is 0. The number of hydrogen-bond donors (Lipinski definition) is 0. The molecule has 2 nitrogen and oxygen atoms in total. The summed E-state index contributed by atoms with van der Waals surface area (Å²) < 4.78 is 6.04. The Morgan fingerprint density at radius 1 is 0.710 bits per heavy atom. The lowest BCUT2D eigenvalue weighted by Gasteiger charge is -2.55. The summed E-state index contributed by atoms with van der Waals surface area (Å²) in [6.07, 6.45) is 27.3. The summed E-state index contributed by atoms with van der Waals surface area (Å²) in [5.74, 6) is 2.11. The number of carbonyl (C=O) groups is 1. The van der Waals surface area contributed by atoms with E-state index in [2.05, 4.69) is 13.8 Å². The predicted molar refractivity (Wildman–Crippen MR) is 131 cm³/mol. The van der Waals surface area contributed by atoms with Crippen LogP contribution in [0, 0.1) is 22.7 Å². The molecule has 0 saturated heterocycles. The molecule has 3 rings (SSSR count). The normalized spacial score (nSPS) is 29.5. The number of unbranched alkanes of at least 4 members (excludes halogenated alkanes) is 4. The van der Waals surface area contributed by atoms with Gasteiger partial charge in [0.05, 0.1) is 12.0 Å². The SMILES string of the molecule is CCCCCC[C@]1(C2(C(=O)OCCCC)CCCCC2)CC[C@@H](C2CCCCC2)CC1. The van der Waals surface area contributed by atoms with Gasteiger partial charge in [0.25, 0.3) is 0 Å². The molecule has 3 saturated carbocycles. The lowest BCUT2D eigenvalue weighted by atomic mass is 9.49. The highest BCUT2D eigenvalue weighted by Crippen LogP contribution is 2.61. The molecule has 180 valence electrons. The van der Waals surface area contributed by atoms with Gasteiger partial charge in [-0.2, -0.15) is 0 Å². The molecule has 0 aromatic heterocycles. The monoisotopic (exact) mass is 432 g/mol. The Kier molecular flexibility index (Phi) is 10.2. The van der Waals surface area contributed by atoms with Gasteiger partial charge in [-0.15, -0.1) is 0 Å². The Labute approximate surface area is 193 Å². The molecule has 3 fully saturated rings. The second-order valence-corrected chi connectivity index (χ2v) is 11.5. The number of esters is 1. The molecule has 0 aromatic carbocycles. The maximum atomic E-state index is 13.7. The molecule has 0 unspecified atom stereocenters. The molecular weight excluding hydrogens is 380 g/mol. The molecule has 0 amide bonds. The van der Waals surface area contributed by atoms with E-state index in [1.807, 2.05) is 0 Å². The standard InChI is InChI=1S/C29H52O2/c1-3-5-7-12-19-28(22-17-26(18-23-28)25-15-10-8-11-16-25)29(20-13-9-14-21-29)27(30)31-24-6-4-2/h25-26H,3-24H2,1-2H3/t26-,28+. The number of ether oxygens (including phenoxy) is 1. The summed E-state index contributed by atoms with van der Waals surface area (Å²) in [5, 5.41) is 0. The molecule has 0 spiro atoms. The van der Waals surface area contributed by atoms with Crippen LogP contribution in [-0.2, 0) is 9.53 Å². The first kappa shape index (κ1) is 25.1. The number of rotatable bonds is 11. The van der Waals surface area contributed by atoms with E-state index in [4.69, 9.17) is 4.74 Å². The van der Waals surface area contributed by atoms with Gasteiger partial charge in [0.15, 0.2) is 0 Å². The second-order valence-electron chi connectivity index (χ2n) is 11.5. The van der Waals surface area contributed by atoms with Crippen molar-refractivity contribution < 1.29 is 9.53 Å². The Bertz CT molecular complexity index is 505. The van der Waals surface area contributed by atoms with E-state index in [1.54, 1.807) is 0 Å². The van der Waals surface area contributed by atoms with Crippen LogP contribution in [0.5, 0.6) is 0 Å². The minimum Gasteiger partial charge on any atom is -0.465 e. The van der Waals surface area contributed by atoms with Crippen LogP contribution >= 0.6 is 0 Å². The van der Waals surface area contributed by atoms with Gasteiger partial charge < -0.3 is 4.74 Å². The third-order valence-electron chi connectivity index (χ3n) is 9.66. The topological polar surface area (TPSA) is 26.3 Å². The Morgan fingerprint density at radius 2 is 1.32 bits per heavy atom. The molecule has 0 N–H and O–H groups in total.